The van der Waals surface area contributed by atoms with Gasteiger partial charge < -0.3 is 20.3 Å². The molecule has 0 radical (unpaired) electrons. The number of hydrogen-bond donors (Lipinski definition) is 1. The van der Waals surface area contributed by atoms with Crippen LogP contribution in [-0.4, -0.2) is 54.0 Å². The number of amides is 2. The number of carbonyl (C=O) groups is 2. The van der Waals surface area contributed by atoms with Gasteiger partial charge >= 0.3 is 0 Å². The van der Waals surface area contributed by atoms with E-state index in [2.05, 4.69) is 9.88 Å². The van der Waals surface area contributed by atoms with Crippen molar-refractivity contribution in [1.82, 2.24) is 9.88 Å². The van der Waals surface area contributed by atoms with Crippen molar-refractivity contribution in [2.45, 2.75) is 26.3 Å². The van der Waals surface area contributed by atoms with Crippen molar-refractivity contribution in [2.75, 3.05) is 31.1 Å². The summed E-state index contributed by atoms with van der Waals surface area (Å²) in [6, 6.07) is 16.0. The monoisotopic (exact) mass is 517 g/mol. The largest absolute Gasteiger partial charge is 0.478 e. The number of ether oxygens (including phenoxy) is 1. The van der Waals surface area contributed by atoms with Crippen LogP contribution < -0.4 is 15.4 Å². The molecule has 0 saturated carbocycles. The van der Waals surface area contributed by atoms with E-state index < -0.39 is 5.91 Å². The minimum absolute atomic E-state index is 0.0313. The second-order valence-corrected chi connectivity index (χ2v) is 9.11. The van der Waals surface area contributed by atoms with E-state index in [0.717, 1.165) is 23.2 Å². The standard InChI is InChI=1S/C28H28ClN5O3/c1-3-20-17-33(28(36)22-9-7-18(16-30)14-24(22)29)12-13-34(20)25-10-8-19(15-23(25)26(31)35)21-6-5-11-32-27(21)37-4-2/h5-11,14-15,20H,3-4,12-13,17H2,1-2H3,(H2,31,35)/t20-/m1/s1. The van der Waals surface area contributed by atoms with E-state index in [9.17, 15) is 9.59 Å². The third-order valence-corrected chi connectivity index (χ3v) is 6.82. The number of pyridine rings is 1. The maximum atomic E-state index is 13.2. The van der Waals surface area contributed by atoms with Gasteiger partial charge in [-0.1, -0.05) is 24.6 Å². The lowest BCUT2D eigenvalue weighted by atomic mass is 9.99. The molecule has 1 saturated heterocycles. The van der Waals surface area contributed by atoms with E-state index in [-0.39, 0.29) is 17.0 Å². The zero-order chi connectivity index (χ0) is 26.5. The third kappa shape index (κ3) is 5.37. The van der Waals surface area contributed by atoms with E-state index >= 15 is 0 Å². The summed E-state index contributed by atoms with van der Waals surface area (Å²) in [7, 11) is 0. The molecule has 0 aliphatic carbocycles. The quantitative estimate of drug-likeness (QED) is 0.493. The van der Waals surface area contributed by atoms with Crippen LogP contribution in [-0.2, 0) is 0 Å². The van der Waals surface area contributed by atoms with Crippen molar-refractivity contribution in [3.8, 4) is 23.1 Å². The first kappa shape index (κ1) is 26.0. The summed E-state index contributed by atoms with van der Waals surface area (Å²) in [5, 5.41) is 9.33. The van der Waals surface area contributed by atoms with Crippen molar-refractivity contribution < 1.29 is 14.3 Å². The second-order valence-electron chi connectivity index (χ2n) is 8.70. The average Bonchev–Trinajstić information content (AvgIpc) is 2.92. The van der Waals surface area contributed by atoms with Crippen LogP contribution in [0.2, 0.25) is 5.02 Å². The molecular weight excluding hydrogens is 490 g/mol. The van der Waals surface area contributed by atoms with Gasteiger partial charge in [-0.05, 0) is 61.4 Å². The number of anilines is 1. The summed E-state index contributed by atoms with van der Waals surface area (Å²) in [6.07, 6.45) is 2.41. The van der Waals surface area contributed by atoms with Crippen LogP contribution in [0, 0.1) is 11.3 Å². The first-order valence-electron chi connectivity index (χ1n) is 12.2. The van der Waals surface area contributed by atoms with E-state index in [1.165, 1.54) is 6.07 Å². The summed E-state index contributed by atoms with van der Waals surface area (Å²) >= 11 is 6.30. The highest BCUT2D eigenvalue weighted by Gasteiger charge is 2.31. The number of nitrogens with two attached hydrogens (primary N) is 1. The van der Waals surface area contributed by atoms with E-state index in [1.54, 1.807) is 29.3 Å². The van der Waals surface area contributed by atoms with Gasteiger partial charge in [-0.25, -0.2) is 4.98 Å². The minimum atomic E-state index is -0.531. The van der Waals surface area contributed by atoms with Crippen LogP contribution >= 0.6 is 11.6 Å². The fourth-order valence-corrected chi connectivity index (χ4v) is 4.91. The predicted molar refractivity (Wildman–Crippen MR) is 143 cm³/mol. The zero-order valence-electron chi connectivity index (χ0n) is 20.8. The normalized spacial score (nSPS) is 15.2. The highest BCUT2D eigenvalue weighted by molar-refractivity contribution is 6.34. The minimum Gasteiger partial charge on any atom is -0.478 e. The van der Waals surface area contributed by atoms with Crippen LogP contribution in [0.1, 0.15) is 46.5 Å². The number of hydrogen-bond acceptors (Lipinski definition) is 6. The van der Waals surface area contributed by atoms with Crippen LogP contribution in [0.4, 0.5) is 5.69 Å². The van der Waals surface area contributed by atoms with Gasteiger partial charge in [0.05, 0.1) is 34.4 Å². The number of primary amides is 1. The van der Waals surface area contributed by atoms with Gasteiger partial charge in [0.1, 0.15) is 0 Å². The Hall–Kier alpha value is -4.09. The molecule has 9 heteroatoms. The SMILES string of the molecule is CCOc1ncccc1-c1ccc(N2CCN(C(=O)c3ccc(C#N)cc3Cl)C[C@H]2CC)c(C(N)=O)c1. The number of rotatable bonds is 7. The van der Waals surface area contributed by atoms with Gasteiger partial charge in [-0.15, -0.1) is 0 Å². The molecule has 1 aliphatic heterocycles. The number of halogens is 1. The highest BCUT2D eigenvalue weighted by atomic mass is 35.5. The Morgan fingerprint density at radius 1 is 1.16 bits per heavy atom. The fourth-order valence-electron chi connectivity index (χ4n) is 4.65. The molecule has 1 fully saturated rings. The summed E-state index contributed by atoms with van der Waals surface area (Å²) < 4.78 is 5.66. The molecule has 1 aromatic heterocycles. The van der Waals surface area contributed by atoms with Gasteiger partial charge in [-0.2, -0.15) is 5.26 Å². The topological polar surface area (TPSA) is 113 Å². The molecule has 2 aromatic carbocycles. The molecule has 37 heavy (non-hydrogen) atoms. The smallest absolute Gasteiger partial charge is 0.255 e. The Morgan fingerprint density at radius 2 is 1.97 bits per heavy atom. The maximum Gasteiger partial charge on any atom is 0.255 e. The molecule has 2 N–H and O–H groups in total. The van der Waals surface area contributed by atoms with Crippen molar-refractivity contribution in [2.24, 2.45) is 5.73 Å². The molecule has 4 rings (SSSR count). The Bertz CT molecular complexity index is 1370. The van der Waals surface area contributed by atoms with E-state index in [4.69, 9.17) is 27.3 Å². The Labute approximate surface area is 221 Å². The second kappa shape index (κ2) is 11.3. The fraction of sp³-hybridized carbons (Fsp3) is 0.286. The molecule has 1 atom stereocenters. The van der Waals surface area contributed by atoms with Crippen molar-refractivity contribution >= 4 is 29.1 Å². The molecule has 0 spiro atoms. The lowest BCUT2D eigenvalue weighted by Crippen LogP contribution is -2.55. The number of aromatic nitrogens is 1. The van der Waals surface area contributed by atoms with Gasteiger partial charge in [0.15, 0.2) is 0 Å². The summed E-state index contributed by atoms with van der Waals surface area (Å²) in [4.78, 5) is 34.0. The first-order valence-corrected chi connectivity index (χ1v) is 12.5. The first-order chi connectivity index (χ1) is 17.9. The maximum absolute atomic E-state index is 13.2. The van der Waals surface area contributed by atoms with Crippen molar-refractivity contribution in [3.05, 3.63) is 76.4 Å². The lowest BCUT2D eigenvalue weighted by Gasteiger charge is -2.43. The molecule has 1 aliphatic rings. The van der Waals surface area contributed by atoms with Gasteiger partial charge in [0, 0.05) is 43.1 Å². The summed E-state index contributed by atoms with van der Waals surface area (Å²) in [5.41, 5.74) is 9.29. The van der Waals surface area contributed by atoms with Gasteiger partial charge in [-0.3, -0.25) is 9.59 Å². The molecule has 0 bridgehead atoms. The van der Waals surface area contributed by atoms with Crippen molar-refractivity contribution in [1.29, 1.82) is 5.26 Å². The molecule has 8 nitrogen and oxygen atoms in total. The van der Waals surface area contributed by atoms with Gasteiger partial charge in [0.2, 0.25) is 5.88 Å². The number of nitriles is 1. The van der Waals surface area contributed by atoms with E-state index in [0.29, 0.717) is 48.8 Å². The molecule has 190 valence electrons. The summed E-state index contributed by atoms with van der Waals surface area (Å²) in [5.74, 6) is -0.220. The number of nitrogens with zero attached hydrogens (tertiary/aromatic N) is 4. The molecular formula is C28H28ClN5O3. The average molecular weight is 518 g/mol. The number of benzene rings is 2. The Kier molecular flexibility index (Phi) is 7.95. The summed E-state index contributed by atoms with van der Waals surface area (Å²) in [6.45, 7) is 5.84. The zero-order valence-corrected chi connectivity index (χ0v) is 21.5. The van der Waals surface area contributed by atoms with Crippen LogP contribution in [0.3, 0.4) is 0 Å². The number of carbonyl (C=O) groups excluding carboxylic acids is 2. The highest BCUT2D eigenvalue weighted by Crippen LogP contribution is 2.34. The Morgan fingerprint density at radius 3 is 2.65 bits per heavy atom. The van der Waals surface area contributed by atoms with Crippen LogP contribution in [0.25, 0.3) is 11.1 Å². The van der Waals surface area contributed by atoms with Crippen LogP contribution in [0.5, 0.6) is 5.88 Å². The molecule has 0 unspecified atom stereocenters. The molecule has 2 heterocycles. The lowest BCUT2D eigenvalue weighted by molar-refractivity contribution is 0.0720. The third-order valence-electron chi connectivity index (χ3n) is 6.50. The molecule has 2 amide bonds. The van der Waals surface area contributed by atoms with E-state index in [1.807, 2.05) is 44.2 Å². The number of piperazine rings is 1. The predicted octanol–water partition coefficient (Wildman–Crippen LogP) is 4.51. The van der Waals surface area contributed by atoms with Gasteiger partial charge in [0.25, 0.3) is 11.8 Å². The Balaban J connectivity index is 1.61. The van der Waals surface area contributed by atoms with Crippen LogP contribution in [0.15, 0.2) is 54.7 Å². The molecule has 3 aromatic rings. The van der Waals surface area contributed by atoms with Crippen molar-refractivity contribution in [3.63, 3.8) is 0 Å².